The van der Waals surface area contributed by atoms with Gasteiger partial charge in [-0.25, -0.2) is 0 Å². The molecule has 0 bridgehead atoms. The normalized spacial score (nSPS) is 11.5. The van der Waals surface area contributed by atoms with Crippen LogP contribution < -0.4 is 4.90 Å². The molecule has 1 aromatic rings. The molecule has 70 valence electrons. The van der Waals surface area contributed by atoms with E-state index in [4.69, 9.17) is 5.21 Å². The van der Waals surface area contributed by atoms with Crippen LogP contribution in [0.1, 0.15) is 12.5 Å². The SMILES string of the molecule is C/C(=N\O)c1cccc(N(C)C)c1. The van der Waals surface area contributed by atoms with E-state index >= 15 is 0 Å². The molecule has 0 heterocycles. The summed E-state index contributed by atoms with van der Waals surface area (Å²) in [5.74, 6) is 0. The molecule has 3 heteroatoms. The molecule has 13 heavy (non-hydrogen) atoms. The summed E-state index contributed by atoms with van der Waals surface area (Å²) in [4.78, 5) is 2.01. The summed E-state index contributed by atoms with van der Waals surface area (Å²) < 4.78 is 0. The predicted octanol–water partition coefficient (Wildman–Crippen LogP) is 1.95. The quantitative estimate of drug-likeness (QED) is 0.427. The molecule has 1 N–H and O–H groups in total. The van der Waals surface area contributed by atoms with Gasteiger partial charge in [0.25, 0.3) is 0 Å². The van der Waals surface area contributed by atoms with Gasteiger partial charge < -0.3 is 10.1 Å². The van der Waals surface area contributed by atoms with Crippen molar-refractivity contribution in [2.24, 2.45) is 5.16 Å². The van der Waals surface area contributed by atoms with Crippen molar-refractivity contribution in [2.45, 2.75) is 6.92 Å². The lowest BCUT2D eigenvalue weighted by Gasteiger charge is -2.12. The van der Waals surface area contributed by atoms with Gasteiger partial charge in [-0.2, -0.15) is 0 Å². The Morgan fingerprint density at radius 2 is 2.08 bits per heavy atom. The Labute approximate surface area is 78.3 Å². The minimum absolute atomic E-state index is 0.628. The van der Waals surface area contributed by atoms with Crippen LogP contribution in [-0.2, 0) is 0 Å². The van der Waals surface area contributed by atoms with Crippen LogP contribution in [-0.4, -0.2) is 25.0 Å². The Kier molecular flexibility index (Phi) is 2.90. The van der Waals surface area contributed by atoms with E-state index in [1.165, 1.54) is 0 Å². The molecule has 0 aromatic heterocycles. The lowest BCUT2D eigenvalue weighted by molar-refractivity contribution is 0.319. The van der Waals surface area contributed by atoms with Crippen molar-refractivity contribution >= 4 is 11.4 Å². The number of oxime groups is 1. The van der Waals surface area contributed by atoms with Crippen LogP contribution in [0.3, 0.4) is 0 Å². The van der Waals surface area contributed by atoms with E-state index in [9.17, 15) is 0 Å². The molecule has 0 aliphatic carbocycles. The first-order chi connectivity index (χ1) is 6.15. The Bertz CT molecular complexity index is 318. The van der Waals surface area contributed by atoms with Crippen molar-refractivity contribution in [1.82, 2.24) is 0 Å². The van der Waals surface area contributed by atoms with Gasteiger partial charge in [-0.3, -0.25) is 0 Å². The van der Waals surface area contributed by atoms with Crippen molar-refractivity contribution in [3.8, 4) is 0 Å². The molecule has 0 atom stereocenters. The number of rotatable bonds is 2. The van der Waals surface area contributed by atoms with Gasteiger partial charge in [-0.15, -0.1) is 0 Å². The Balaban J connectivity index is 3.05. The molecule has 1 rings (SSSR count). The molecular weight excluding hydrogens is 164 g/mol. The van der Waals surface area contributed by atoms with Crippen molar-refractivity contribution in [3.63, 3.8) is 0 Å². The molecule has 0 amide bonds. The Hall–Kier alpha value is -1.51. The second kappa shape index (κ2) is 3.94. The number of hydrogen-bond acceptors (Lipinski definition) is 3. The second-order valence-electron chi connectivity index (χ2n) is 3.13. The fraction of sp³-hybridized carbons (Fsp3) is 0.300. The predicted molar refractivity (Wildman–Crippen MR) is 54.8 cm³/mol. The zero-order valence-corrected chi connectivity index (χ0v) is 8.15. The summed E-state index contributed by atoms with van der Waals surface area (Å²) in [7, 11) is 3.95. The largest absolute Gasteiger partial charge is 0.411 e. The fourth-order valence-electron chi connectivity index (χ4n) is 1.07. The maximum atomic E-state index is 8.59. The van der Waals surface area contributed by atoms with Gasteiger partial charge in [-0.1, -0.05) is 17.3 Å². The van der Waals surface area contributed by atoms with Crippen molar-refractivity contribution < 1.29 is 5.21 Å². The van der Waals surface area contributed by atoms with Gasteiger partial charge >= 0.3 is 0 Å². The van der Waals surface area contributed by atoms with Crippen LogP contribution >= 0.6 is 0 Å². The highest BCUT2D eigenvalue weighted by atomic mass is 16.4. The van der Waals surface area contributed by atoms with Crippen molar-refractivity contribution in [3.05, 3.63) is 29.8 Å². The molecule has 0 spiro atoms. The van der Waals surface area contributed by atoms with Crippen LogP contribution in [0.15, 0.2) is 29.4 Å². The molecule has 0 aliphatic heterocycles. The van der Waals surface area contributed by atoms with E-state index in [-0.39, 0.29) is 0 Å². The third kappa shape index (κ3) is 2.21. The number of nitrogens with zero attached hydrogens (tertiary/aromatic N) is 2. The molecule has 0 unspecified atom stereocenters. The molecule has 0 radical (unpaired) electrons. The van der Waals surface area contributed by atoms with Crippen LogP contribution in [0.2, 0.25) is 0 Å². The van der Waals surface area contributed by atoms with Crippen LogP contribution in [0.25, 0.3) is 0 Å². The van der Waals surface area contributed by atoms with Gasteiger partial charge in [0, 0.05) is 25.3 Å². The monoisotopic (exact) mass is 178 g/mol. The lowest BCUT2D eigenvalue weighted by Crippen LogP contribution is -2.09. The minimum Gasteiger partial charge on any atom is -0.411 e. The number of hydrogen-bond donors (Lipinski definition) is 1. The number of anilines is 1. The van der Waals surface area contributed by atoms with Crippen molar-refractivity contribution in [2.75, 3.05) is 19.0 Å². The van der Waals surface area contributed by atoms with Gasteiger partial charge in [0.1, 0.15) is 0 Å². The summed E-state index contributed by atoms with van der Waals surface area (Å²) in [5.41, 5.74) is 2.66. The molecule has 1 aromatic carbocycles. The molecular formula is C10H14N2O. The number of benzene rings is 1. The molecule has 3 nitrogen and oxygen atoms in total. The van der Waals surface area contributed by atoms with E-state index in [2.05, 4.69) is 5.16 Å². The average molecular weight is 178 g/mol. The standard InChI is InChI=1S/C10H14N2O/c1-8(11-13)9-5-4-6-10(7-9)12(2)3/h4-7,13H,1-3H3/b11-8+. The van der Waals surface area contributed by atoms with Crippen LogP contribution in [0.4, 0.5) is 5.69 Å². The van der Waals surface area contributed by atoms with Gasteiger partial charge in [0.15, 0.2) is 0 Å². The van der Waals surface area contributed by atoms with Crippen LogP contribution in [0.5, 0.6) is 0 Å². The Morgan fingerprint density at radius 1 is 1.38 bits per heavy atom. The summed E-state index contributed by atoms with van der Waals surface area (Å²) in [6, 6.07) is 7.85. The Morgan fingerprint density at radius 3 is 2.62 bits per heavy atom. The smallest absolute Gasteiger partial charge is 0.0837 e. The van der Waals surface area contributed by atoms with E-state index in [1.807, 2.05) is 43.3 Å². The maximum Gasteiger partial charge on any atom is 0.0837 e. The zero-order valence-electron chi connectivity index (χ0n) is 8.15. The minimum atomic E-state index is 0.628. The third-order valence-corrected chi connectivity index (χ3v) is 1.93. The van der Waals surface area contributed by atoms with E-state index in [0.717, 1.165) is 11.3 Å². The highest BCUT2D eigenvalue weighted by molar-refractivity contribution is 5.99. The first-order valence-electron chi connectivity index (χ1n) is 4.11. The van der Waals surface area contributed by atoms with E-state index in [0.29, 0.717) is 5.71 Å². The average Bonchev–Trinajstić information content (AvgIpc) is 2.17. The summed E-state index contributed by atoms with van der Waals surface area (Å²) in [5, 5.41) is 11.7. The van der Waals surface area contributed by atoms with Gasteiger partial charge in [0.05, 0.1) is 5.71 Å². The first kappa shape index (κ1) is 9.58. The highest BCUT2D eigenvalue weighted by Gasteiger charge is 2.00. The second-order valence-corrected chi connectivity index (χ2v) is 3.13. The highest BCUT2D eigenvalue weighted by Crippen LogP contribution is 2.13. The van der Waals surface area contributed by atoms with Gasteiger partial charge in [-0.05, 0) is 19.1 Å². The van der Waals surface area contributed by atoms with Crippen molar-refractivity contribution in [1.29, 1.82) is 0 Å². The summed E-state index contributed by atoms with van der Waals surface area (Å²) in [6.45, 7) is 1.77. The van der Waals surface area contributed by atoms with E-state index in [1.54, 1.807) is 6.92 Å². The lowest BCUT2D eigenvalue weighted by atomic mass is 10.1. The van der Waals surface area contributed by atoms with Crippen LogP contribution in [0, 0.1) is 0 Å². The van der Waals surface area contributed by atoms with Gasteiger partial charge in [0.2, 0.25) is 0 Å². The molecule has 0 fully saturated rings. The summed E-state index contributed by atoms with van der Waals surface area (Å²) >= 11 is 0. The fourth-order valence-corrected chi connectivity index (χ4v) is 1.07. The molecule has 0 saturated heterocycles. The zero-order chi connectivity index (χ0) is 9.84. The first-order valence-corrected chi connectivity index (χ1v) is 4.11. The van der Waals surface area contributed by atoms with E-state index < -0.39 is 0 Å². The summed E-state index contributed by atoms with van der Waals surface area (Å²) in [6.07, 6.45) is 0. The third-order valence-electron chi connectivity index (χ3n) is 1.93. The maximum absolute atomic E-state index is 8.59. The molecule has 0 aliphatic rings. The molecule has 0 saturated carbocycles. The topological polar surface area (TPSA) is 35.8 Å².